The van der Waals surface area contributed by atoms with Crippen LogP contribution in [0.4, 0.5) is 0 Å². The Morgan fingerprint density at radius 2 is 1.71 bits per heavy atom. The van der Waals surface area contributed by atoms with Gasteiger partial charge in [0.25, 0.3) is 0 Å². The molecule has 2 aromatic rings. The lowest BCUT2D eigenvalue weighted by molar-refractivity contribution is -0.0440. The molecule has 0 radical (unpaired) electrons. The number of hydrogen-bond acceptors (Lipinski definition) is 4. The van der Waals surface area contributed by atoms with Crippen LogP contribution >= 0.6 is 0 Å². The molecule has 6 heteroatoms. The first-order chi connectivity index (χ1) is 11.4. The van der Waals surface area contributed by atoms with E-state index in [1.54, 1.807) is 12.1 Å². The van der Waals surface area contributed by atoms with Gasteiger partial charge in [0.05, 0.1) is 23.7 Å². The minimum absolute atomic E-state index is 0.113. The molecule has 1 aliphatic heterocycles. The number of hydrogen-bond donors (Lipinski definition) is 0. The van der Waals surface area contributed by atoms with Gasteiger partial charge < -0.3 is 9.47 Å². The monoisotopic (exact) mass is 349 g/mol. The van der Waals surface area contributed by atoms with Gasteiger partial charge in [0.15, 0.2) is 0 Å². The number of sulfonamides is 1. The van der Waals surface area contributed by atoms with Gasteiger partial charge in [0.1, 0.15) is 5.75 Å². The third kappa shape index (κ3) is 3.14. The lowest BCUT2D eigenvalue weighted by atomic mass is 10.1. The first-order valence-corrected chi connectivity index (χ1v) is 9.67. The van der Waals surface area contributed by atoms with Crippen LogP contribution in [0.5, 0.6) is 5.75 Å². The highest BCUT2D eigenvalue weighted by atomic mass is 32.2. The van der Waals surface area contributed by atoms with Crippen LogP contribution in [-0.4, -0.2) is 44.6 Å². The average Bonchev–Trinajstić information content (AvgIpc) is 2.54. The molecular formula is C18H23NO4S. The molecule has 0 bridgehead atoms. The number of rotatable bonds is 4. The molecule has 5 nitrogen and oxygen atoms in total. The van der Waals surface area contributed by atoms with Crippen molar-refractivity contribution < 1.29 is 17.9 Å². The smallest absolute Gasteiger partial charge is 0.243 e. The van der Waals surface area contributed by atoms with E-state index in [9.17, 15) is 8.42 Å². The second kappa shape index (κ2) is 6.70. The van der Waals surface area contributed by atoms with Crippen molar-refractivity contribution in [3.05, 3.63) is 36.4 Å². The van der Waals surface area contributed by atoms with Crippen molar-refractivity contribution in [1.82, 2.24) is 4.31 Å². The molecule has 0 aliphatic carbocycles. The summed E-state index contributed by atoms with van der Waals surface area (Å²) in [5.41, 5.74) is 0. The third-order valence-electron chi connectivity index (χ3n) is 4.15. The summed E-state index contributed by atoms with van der Waals surface area (Å²) in [6, 6.07) is 10.9. The first-order valence-electron chi connectivity index (χ1n) is 8.23. The fourth-order valence-corrected chi connectivity index (χ4v) is 5.00. The van der Waals surface area contributed by atoms with Crippen LogP contribution in [0.2, 0.25) is 0 Å². The Labute approximate surface area is 143 Å². The van der Waals surface area contributed by atoms with Crippen molar-refractivity contribution in [2.24, 2.45) is 0 Å². The molecule has 0 N–H and O–H groups in total. The highest BCUT2D eigenvalue weighted by Gasteiger charge is 2.33. The normalized spacial score (nSPS) is 22.6. The molecule has 24 heavy (non-hydrogen) atoms. The Bertz CT molecular complexity index is 824. The zero-order chi connectivity index (χ0) is 17.3. The van der Waals surface area contributed by atoms with E-state index >= 15 is 0 Å². The van der Waals surface area contributed by atoms with E-state index in [-0.39, 0.29) is 12.2 Å². The molecule has 0 unspecified atom stereocenters. The van der Waals surface area contributed by atoms with Crippen molar-refractivity contribution in [3.63, 3.8) is 0 Å². The van der Waals surface area contributed by atoms with Gasteiger partial charge in [0, 0.05) is 23.9 Å². The molecule has 3 rings (SSSR count). The second-order valence-electron chi connectivity index (χ2n) is 6.12. The molecule has 0 aromatic heterocycles. The number of nitrogens with zero attached hydrogens (tertiary/aromatic N) is 1. The molecule has 0 amide bonds. The lowest BCUT2D eigenvalue weighted by Crippen LogP contribution is -2.48. The minimum atomic E-state index is -3.59. The van der Waals surface area contributed by atoms with E-state index in [0.29, 0.717) is 35.7 Å². The Morgan fingerprint density at radius 1 is 1.08 bits per heavy atom. The molecule has 0 saturated carbocycles. The highest BCUT2D eigenvalue weighted by Crippen LogP contribution is 2.33. The summed E-state index contributed by atoms with van der Waals surface area (Å²) in [5, 5.41) is 1.50. The third-order valence-corrected chi connectivity index (χ3v) is 6.04. The van der Waals surface area contributed by atoms with Crippen molar-refractivity contribution in [1.29, 1.82) is 0 Å². The standard InChI is InChI=1S/C18H23NO4S/c1-4-22-17-9-10-18(16-8-6-5-7-15(16)17)24(20,21)19-11-13(2)23-14(3)12-19/h5-10,13-14H,4,11-12H2,1-3H3/t13-,14-/m0/s1. The van der Waals surface area contributed by atoms with Gasteiger partial charge in [-0.3, -0.25) is 0 Å². The molecule has 0 spiro atoms. The molecule has 1 aliphatic rings. The van der Waals surface area contributed by atoms with E-state index in [4.69, 9.17) is 9.47 Å². The van der Waals surface area contributed by atoms with Crippen LogP contribution in [0.15, 0.2) is 41.3 Å². The number of benzene rings is 2. The fraction of sp³-hybridized carbons (Fsp3) is 0.444. The van der Waals surface area contributed by atoms with Crippen LogP contribution in [-0.2, 0) is 14.8 Å². The zero-order valence-corrected chi connectivity index (χ0v) is 15.0. The van der Waals surface area contributed by atoms with Crippen LogP contribution in [0, 0.1) is 0 Å². The maximum absolute atomic E-state index is 13.2. The van der Waals surface area contributed by atoms with E-state index in [2.05, 4.69) is 0 Å². The van der Waals surface area contributed by atoms with Gasteiger partial charge in [-0.25, -0.2) is 8.42 Å². The minimum Gasteiger partial charge on any atom is -0.493 e. The van der Waals surface area contributed by atoms with Crippen molar-refractivity contribution >= 4 is 20.8 Å². The van der Waals surface area contributed by atoms with Crippen LogP contribution in [0.25, 0.3) is 10.8 Å². The summed E-state index contributed by atoms with van der Waals surface area (Å²) in [4.78, 5) is 0.322. The van der Waals surface area contributed by atoms with E-state index in [1.165, 1.54) is 4.31 Å². The zero-order valence-electron chi connectivity index (χ0n) is 14.2. The SMILES string of the molecule is CCOc1ccc(S(=O)(=O)N2C[C@H](C)O[C@@H](C)C2)c2ccccc12. The summed E-state index contributed by atoms with van der Waals surface area (Å²) in [6.45, 7) is 6.98. The Morgan fingerprint density at radius 3 is 2.33 bits per heavy atom. The van der Waals surface area contributed by atoms with Gasteiger partial charge in [0.2, 0.25) is 10.0 Å². The van der Waals surface area contributed by atoms with Gasteiger partial charge >= 0.3 is 0 Å². The van der Waals surface area contributed by atoms with E-state index in [0.717, 1.165) is 5.39 Å². The average molecular weight is 349 g/mol. The summed E-state index contributed by atoms with van der Waals surface area (Å²) in [5.74, 6) is 0.704. The van der Waals surface area contributed by atoms with Crippen molar-refractivity contribution in [2.45, 2.75) is 37.9 Å². The molecule has 130 valence electrons. The number of ether oxygens (including phenoxy) is 2. The van der Waals surface area contributed by atoms with Crippen LogP contribution in [0.1, 0.15) is 20.8 Å². The van der Waals surface area contributed by atoms with Crippen molar-refractivity contribution in [2.75, 3.05) is 19.7 Å². The van der Waals surface area contributed by atoms with Gasteiger partial charge in [-0.1, -0.05) is 24.3 Å². The Balaban J connectivity index is 2.10. The van der Waals surface area contributed by atoms with Crippen LogP contribution < -0.4 is 4.74 Å². The maximum Gasteiger partial charge on any atom is 0.243 e. The molecule has 1 heterocycles. The first kappa shape index (κ1) is 17.2. The van der Waals surface area contributed by atoms with Gasteiger partial charge in [-0.15, -0.1) is 0 Å². The van der Waals surface area contributed by atoms with E-state index < -0.39 is 10.0 Å². The topological polar surface area (TPSA) is 55.8 Å². The predicted molar refractivity (Wildman–Crippen MR) is 93.9 cm³/mol. The summed E-state index contributed by atoms with van der Waals surface area (Å²) in [7, 11) is -3.59. The quantitative estimate of drug-likeness (QED) is 0.851. The second-order valence-corrected chi connectivity index (χ2v) is 8.03. The predicted octanol–water partition coefficient (Wildman–Crippen LogP) is 3.04. The summed E-state index contributed by atoms with van der Waals surface area (Å²) in [6.07, 6.45) is -0.227. The highest BCUT2D eigenvalue weighted by molar-refractivity contribution is 7.89. The van der Waals surface area contributed by atoms with Gasteiger partial charge in [-0.2, -0.15) is 4.31 Å². The molecule has 1 saturated heterocycles. The molecule has 1 fully saturated rings. The van der Waals surface area contributed by atoms with Crippen molar-refractivity contribution in [3.8, 4) is 5.75 Å². The number of fused-ring (bicyclic) bond motifs is 1. The summed E-state index contributed by atoms with van der Waals surface area (Å²) >= 11 is 0. The molecular weight excluding hydrogens is 326 g/mol. The lowest BCUT2D eigenvalue weighted by Gasteiger charge is -2.34. The molecule has 2 atom stereocenters. The Kier molecular flexibility index (Phi) is 4.80. The number of morpholine rings is 1. The summed E-state index contributed by atoms with van der Waals surface area (Å²) < 4.78 is 39.2. The maximum atomic E-state index is 13.2. The van der Waals surface area contributed by atoms with Gasteiger partial charge in [-0.05, 0) is 32.9 Å². The van der Waals surface area contributed by atoms with E-state index in [1.807, 2.05) is 45.0 Å². The fourth-order valence-electron chi connectivity index (χ4n) is 3.22. The van der Waals surface area contributed by atoms with Crippen LogP contribution in [0.3, 0.4) is 0 Å². The Hall–Kier alpha value is -1.63. The molecule has 2 aromatic carbocycles. The largest absolute Gasteiger partial charge is 0.493 e.